The smallest absolute Gasteiger partial charge is 0.331 e. The summed E-state index contributed by atoms with van der Waals surface area (Å²) in [6.45, 7) is 6.77. The average Bonchev–Trinajstić information content (AvgIpc) is 2.64. The van der Waals surface area contributed by atoms with Crippen molar-refractivity contribution < 1.29 is 28.5 Å². The molecule has 0 aliphatic rings. The van der Waals surface area contributed by atoms with Gasteiger partial charge >= 0.3 is 11.9 Å². The fourth-order valence-corrected chi connectivity index (χ4v) is 2.10. The van der Waals surface area contributed by atoms with E-state index in [-0.39, 0.29) is 13.2 Å². The van der Waals surface area contributed by atoms with Crippen molar-refractivity contribution >= 4 is 11.9 Å². The Morgan fingerprint density at radius 1 is 0.577 bits per heavy atom. The molecule has 0 aliphatic carbocycles. The van der Waals surface area contributed by atoms with Crippen LogP contribution >= 0.6 is 0 Å². The third-order valence-corrected chi connectivity index (χ3v) is 3.58. The van der Waals surface area contributed by atoms with Crippen molar-refractivity contribution in [3.8, 4) is 0 Å². The Morgan fingerprint density at radius 3 is 1.38 bits per heavy atom. The van der Waals surface area contributed by atoms with Gasteiger partial charge in [0.25, 0.3) is 0 Å². The van der Waals surface area contributed by atoms with E-state index >= 15 is 0 Å². The molecular formula is C20H36O6. The highest BCUT2D eigenvalue weighted by molar-refractivity contribution is 5.91. The van der Waals surface area contributed by atoms with Gasteiger partial charge in [0.2, 0.25) is 0 Å². The molecule has 0 aliphatic heterocycles. The van der Waals surface area contributed by atoms with Gasteiger partial charge in [0, 0.05) is 25.4 Å². The molecule has 0 fully saturated rings. The largest absolute Gasteiger partial charge is 0.460 e. The lowest BCUT2D eigenvalue weighted by atomic mass is 10.2. The van der Waals surface area contributed by atoms with Gasteiger partial charge in [0.05, 0.1) is 13.2 Å². The second-order valence-electron chi connectivity index (χ2n) is 6.01. The molecule has 152 valence electrons. The highest BCUT2D eigenvalue weighted by Gasteiger charge is 2.01. The Labute approximate surface area is 158 Å². The van der Waals surface area contributed by atoms with E-state index in [9.17, 15) is 9.59 Å². The van der Waals surface area contributed by atoms with E-state index in [1.54, 1.807) is 0 Å². The number of carbonyl (C=O) groups excluding carboxylic acids is 2. The van der Waals surface area contributed by atoms with Gasteiger partial charge in [-0.15, -0.1) is 0 Å². The van der Waals surface area contributed by atoms with Crippen LogP contribution in [0, 0.1) is 0 Å². The second kappa shape index (κ2) is 19.9. The quantitative estimate of drug-likeness (QED) is 0.207. The molecule has 0 spiro atoms. The topological polar surface area (TPSA) is 71.1 Å². The van der Waals surface area contributed by atoms with E-state index in [2.05, 4.69) is 13.8 Å². The average molecular weight is 373 g/mol. The zero-order valence-corrected chi connectivity index (χ0v) is 16.5. The van der Waals surface area contributed by atoms with E-state index in [0.29, 0.717) is 26.4 Å². The molecule has 0 rings (SSSR count). The summed E-state index contributed by atoms with van der Waals surface area (Å²) in [6, 6.07) is 0. The van der Waals surface area contributed by atoms with E-state index in [0.717, 1.165) is 37.8 Å². The Balaban J connectivity index is 3.45. The first kappa shape index (κ1) is 24.6. The first-order valence-corrected chi connectivity index (χ1v) is 9.87. The van der Waals surface area contributed by atoms with Crippen LogP contribution in [0.3, 0.4) is 0 Å². The van der Waals surface area contributed by atoms with E-state index in [4.69, 9.17) is 18.9 Å². The van der Waals surface area contributed by atoms with Gasteiger partial charge in [-0.05, 0) is 12.8 Å². The second-order valence-corrected chi connectivity index (χ2v) is 6.01. The normalized spacial score (nSPS) is 11.0. The van der Waals surface area contributed by atoms with Crippen molar-refractivity contribution in [1.29, 1.82) is 0 Å². The predicted octanol–water partition coefficient (Wildman–Crippen LogP) is 3.82. The maximum atomic E-state index is 11.4. The number of carbonyl (C=O) groups is 2. The first-order valence-electron chi connectivity index (χ1n) is 9.87. The molecule has 0 saturated carbocycles. The minimum atomic E-state index is -0.580. The van der Waals surface area contributed by atoms with Crippen LogP contribution in [0.4, 0.5) is 0 Å². The summed E-state index contributed by atoms with van der Waals surface area (Å²) in [7, 11) is 0. The van der Waals surface area contributed by atoms with Crippen LogP contribution in [0.5, 0.6) is 0 Å². The highest BCUT2D eigenvalue weighted by Crippen LogP contribution is 1.99. The van der Waals surface area contributed by atoms with Gasteiger partial charge in [-0.2, -0.15) is 0 Å². The van der Waals surface area contributed by atoms with E-state index in [1.807, 2.05) is 0 Å². The fourth-order valence-electron chi connectivity index (χ4n) is 2.10. The summed E-state index contributed by atoms with van der Waals surface area (Å²) in [5, 5.41) is 0. The van der Waals surface area contributed by atoms with Crippen LogP contribution in [-0.2, 0) is 28.5 Å². The Hall–Kier alpha value is -1.40. The number of esters is 2. The first-order chi connectivity index (χ1) is 12.7. The molecule has 0 heterocycles. The fraction of sp³-hybridized carbons (Fsp3) is 0.800. The van der Waals surface area contributed by atoms with Crippen LogP contribution in [-0.4, -0.2) is 51.6 Å². The molecule has 0 N–H and O–H groups in total. The number of unbranched alkanes of at least 4 members (excludes halogenated alkanes) is 6. The maximum Gasteiger partial charge on any atom is 0.331 e. The van der Waals surface area contributed by atoms with Crippen LogP contribution in [0.25, 0.3) is 0 Å². The Kier molecular flexibility index (Phi) is 18.8. The third-order valence-electron chi connectivity index (χ3n) is 3.58. The predicted molar refractivity (Wildman–Crippen MR) is 101 cm³/mol. The van der Waals surface area contributed by atoms with Gasteiger partial charge in [-0.1, -0.05) is 52.4 Å². The molecule has 0 unspecified atom stereocenters. The monoisotopic (exact) mass is 372 g/mol. The van der Waals surface area contributed by atoms with Crippen LogP contribution in [0.15, 0.2) is 12.2 Å². The van der Waals surface area contributed by atoms with Crippen molar-refractivity contribution in [3.05, 3.63) is 12.2 Å². The Bertz CT molecular complexity index is 333. The number of ether oxygens (including phenoxy) is 4. The zero-order chi connectivity index (χ0) is 19.3. The standard InChI is InChI=1S/C20H36O6/c1-3-5-7-9-13-23-15-17-25-19(21)11-12-20(22)26-18-16-24-14-10-8-6-4-2/h11-12H,3-10,13-18H2,1-2H3/b12-11+. The summed E-state index contributed by atoms with van der Waals surface area (Å²) >= 11 is 0. The third kappa shape index (κ3) is 18.9. The summed E-state index contributed by atoms with van der Waals surface area (Å²) in [5.41, 5.74) is 0. The summed E-state index contributed by atoms with van der Waals surface area (Å²) in [4.78, 5) is 22.9. The van der Waals surface area contributed by atoms with Crippen molar-refractivity contribution in [2.24, 2.45) is 0 Å². The lowest BCUT2D eigenvalue weighted by Crippen LogP contribution is -2.11. The number of hydrogen-bond acceptors (Lipinski definition) is 6. The molecule has 0 aromatic carbocycles. The van der Waals surface area contributed by atoms with E-state index < -0.39 is 11.9 Å². The molecule has 0 atom stereocenters. The van der Waals surface area contributed by atoms with Gasteiger partial charge in [0.1, 0.15) is 13.2 Å². The molecule has 0 amide bonds. The van der Waals surface area contributed by atoms with Gasteiger partial charge in [-0.25, -0.2) is 9.59 Å². The molecule has 6 heteroatoms. The molecule has 0 radical (unpaired) electrons. The molecule has 6 nitrogen and oxygen atoms in total. The van der Waals surface area contributed by atoms with Crippen molar-refractivity contribution in [2.75, 3.05) is 39.6 Å². The van der Waals surface area contributed by atoms with Gasteiger partial charge in [0.15, 0.2) is 0 Å². The lowest BCUT2D eigenvalue weighted by molar-refractivity contribution is -0.142. The number of rotatable bonds is 18. The Morgan fingerprint density at radius 2 is 1.00 bits per heavy atom. The van der Waals surface area contributed by atoms with Gasteiger partial charge in [-0.3, -0.25) is 0 Å². The van der Waals surface area contributed by atoms with Crippen LogP contribution in [0.1, 0.15) is 65.2 Å². The summed E-state index contributed by atoms with van der Waals surface area (Å²) < 4.78 is 20.6. The molecule has 26 heavy (non-hydrogen) atoms. The molecule has 0 aromatic heterocycles. The van der Waals surface area contributed by atoms with Crippen LogP contribution < -0.4 is 0 Å². The van der Waals surface area contributed by atoms with Crippen molar-refractivity contribution in [3.63, 3.8) is 0 Å². The summed E-state index contributed by atoms with van der Waals surface area (Å²) in [6.07, 6.45) is 11.3. The summed E-state index contributed by atoms with van der Waals surface area (Å²) in [5.74, 6) is -1.16. The number of hydrogen-bond donors (Lipinski definition) is 0. The van der Waals surface area contributed by atoms with Crippen molar-refractivity contribution in [1.82, 2.24) is 0 Å². The zero-order valence-electron chi connectivity index (χ0n) is 16.5. The molecule has 0 bridgehead atoms. The SMILES string of the molecule is CCCCCCOCCOC(=O)/C=C/C(=O)OCCOCCCCCC. The minimum Gasteiger partial charge on any atom is -0.460 e. The van der Waals surface area contributed by atoms with Crippen molar-refractivity contribution in [2.45, 2.75) is 65.2 Å². The molecule has 0 saturated heterocycles. The molecule has 0 aromatic rings. The van der Waals surface area contributed by atoms with E-state index in [1.165, 1.54) is 25.7 Å². The maximum absolute atomic E-state index is 11.4. The minimum absolute atomic E-state index is 0.178. The lowest BCUT2D eigenvalue weighted by Gasteiger charge is -2.05. The van der Waals surface area contributed by atoms with Crippen LogP contribution in [0.2, 0.25) is 0 Å². The molecular weight excluding hydrogens is 336 g/mol. The van der Waals surface area contributed by atoms with Gasteiger partial charge < -0.3 is 18.9 Å². The highest BCUT2D eigenvalue weighted by atomic mass is 16.6.